The molecule has 0 aliphatic heterocycles. The summed E-state index contributed by atoms with van der Waals surface area (Å²) in [5, 5.41) is 3.62. The van der Waals surface area contributed by atoms with Crippen molar-refractivity contribution < 1.29 is 1.43 Å². The van der Waals surface area contributed by atoms with Gasteiger partial charge in [-0.05, 0) is 31.7 Å². The molecule has 1 nitrogen and oxygen atoms in total. The molecule has 1 aliphatic carbocycles. The Morgan fingerprint density at radius 3 is 2.73 bits per heavy atom. The van der Waals surface area contributed by atoms with Crippen molar-refractivity contribution in [1.29, 1.82) is 0 Å². The summed E-state index contributed by atoms with van der Waals surface area (Å²) in [4.78, 5) is 0. The van der Waals surface area contributed by atoms with Crippen LogP contribution >= 0.6 is 0 Å². The molecule has 0 saturated heterocycles. The fraction of sp³-hybridized carbons (Fsp3) is 1.00. The first-order valence-electron chi connectivity index (χ1n) is 5.08. The molecule has 0 aromatic heterocycles. The molecular weight excluding hydrogens is 134 g/mol. The Morgan fingerprint density at radius 1 is 1.36 bits per heavy atom. The Balaban J connectivity index is 0.00000121. The van der Waals surface area contributed by atoms with Crippen LogP contribution in [0.1, 0.15) is 47.4 Å². The summed E-state index contributed by atoms with van der Waals surface area (Å²) in [5.41, 5.74) is 0. The van der Waals surface area contributed by atoms with Crippen molar-refractivity contribution in [2.45, 2.75) is 52.0 Å². The van der Waals surface area contributed by atoms with Gasteiger partial charge in [-0.25, -0.2) is 0 Å². The Morgan fingerprint density at radius 2 is 2.09 bits per heavy atom. The molecule has 2 unspecified atom stereocenters. The summed E-state index contributed by atoms with van der Waals surface area (Å²) in [5.74, 6) is 0.912. The average Bonchev–Trinajstić information content (AvgIpc) is 2.03. The molecule has 1 fully saturated rings. The van der Waals surface area contributed by atoms with Gasteiger partial charge in [0.25, 0.3) is 0 Å². The lowest BCUT2D eigenvalue weighted by Gasteiger charge is -2.29. The molecule has 0 spiro atoms. The van der Waals surface area contributed by atoms with Crippen LogP contribution < -0.4 is 5.32 Å². The smallest absolute Gasteiger partial charge is 0.00926 e. The number of hydrogen-bond acceptors (Lipinski definition) is 1. The molecule has 1 heteroatoms. The first-order valence-corrected chi connectivity index (χ1v) is 5.08. The van der Waals surface area contributed by atoms with Crippen LogP contribution in [0.3, 0.4) is 0 Å². The van der Waals surface area contributed by atoms with Crippen LogP contribution in [-0.2, 0) is 0 Å². The van der Waals surface area contributed by atoms with E-state index in [1.165, 1.54) is 38.6 Å². The minimum atomic E-state index is 0. The molecule has 0 amide bonds. The molecule has 68 valence electrons. The number of hydrogen-bond donors (Lipinski definition) is 1. The van der Waals surface area contributed by atoms with E-state index in [4.69, 9.17) is 0 Å². The summed E-state index contributed by atoms with van der Waals surface area (Å²) in [6.45, 7) is 5.82. The maximum absolute atomic E-state index is 3.62. The molecular formula is C10H23N. The van der Waals surface area contributed by atoms with Crippen molar-refractivity contribution >= 4 is 0 Å². The van der Waals surface area contributed by atoms with E-state index in [2.05, 4.69) is 19.2 Å². The van der Waals surface area contributed by atoms with Crippen molar-refractivity contribution in [3.8, 4) is 0 Å². The van der Waals surface area contributed by atoms with Gasteiger partial charge in [0.1, 0.15) is 0 Å². The highest BCUT2D eigenvalue weighted by Gasteiger charge is 2.19. The third-order valence-electron chi connectivity index (χ3n) is 2.77. The van der Waals surface area contributed by atoms with Crippen molar-refractivity contribution in [1.82, 2.24) is 5.32 Å². The van der Waals surface area contributed by atoms with Gasteiger partial charge in [-0.15, -0.1) is 0 Å². The second-order valence-corrected chi connectivity index (χ2v) is 3.82. The predicted octanol–water partition coefficient (Wildman–Crippen LogP) is 2.81. The highest BCUT2D eigenvalue weighted by atomic mass is 14.9. The largest absolute Gasteiger partial charge is 0.314 e. The monoisotopic (exact) mass is 157 g/mol. The highest BCUT2D eigenvalue weighted by Crippen LogP contribution is 2.23. The van der Waals surface area contributed by atoms with E-state index < -0.39 is 0 Å². The van der Waals surface area contributed by atoms with E-state index in [0.29, 0.717) is 0 Å². The van der Waals surface area contributed by atoms with Gasteiger partial charge >= 0.3 is 0 Å². The average molecular weight is 157 g/mol. The highest BCUT2D eigenvalue weighted by molar-refractivity contribution is 4.77. The second kappa shape index (κ2) is 4.76. The standard InChI is InChI=1S/C10H21N.H2/c1-3-8-11-10-7-5-4-6-9(10)2;/h9-11H,3-8H2,1-2H3;1H. The summed E-state index contributed by atoms with van der Waals surface area (Å²) in [7, 11) is 0. The zero-order valence-electron chi connectivity index (χ0n) is 7.90. The third kappa shape index (κ3) is 2.82. The van der Waals surface area contributed by atoms with Crippen molar-refractivity contribution in [2.24, 2.45) is 5.92 Å². The fourth-order valence-electron chi connectivity index (χ4n) is 1.95. The Hall–Kier alpha value is -0.0400. The van der Waals surface area contributed by atoms with Crippen LogP contribution in [0.2, 0.25) is 0 Å². The van der Waals surface area contributed by atoms with E-state index in [0.717, 1.165) is 12.0 Å². The number of rotatable bonds is 3. The van der Waals surface area contributed by atoms with E-state index in [9.17, 15) is 0 Å². The second-order valence-electron chi connectivity index (χ2n) is 3.82. The number of nitrogens with one attached hydrogen (secondary N) is 1. The topological polar surface area (TPSA) is 12.0 Å². The van der Waals surface area contributed by atoms with Crippen LogP contribution in [0.4, 0.5) is 0 Å². The maximum Gasteiger partial charge on any atom is 0.00926 e. The molecule has 0 aromatic rings. The van der Waals surface area contributed by atoms with Gasteiger partial charge in [0.05, 0.1) is 0 Å². The van der Waals surface area contributed by atoms with E-state index >= 15 is 0 Å². The molecule has 0 radical (unpaired) electrons. The van der Waals surface area contributed by atoms with Gasteiger partial charge in [0.2, 0.25) is 0 Å². The predicted molar refractivity (Wildman–Crippen MR) is 51.8 cm³/mol. The first kappa shape index (κ1) is 9.05. The Labute approximate surface area is 72.1 Å². The van der Waals surface area contributed by atoms with E-state index in [1.807, 2.05) is 0 Å². The van der Waals surface area contributed by atoms with Crippen LogP contribution in [-0.4, -0.2) is 12.6 Å². The molecule has 2 atom stereocenters. The quantitative estimate of drug-likeness (QED) is 0.664. The summed E-state index contributed by atoms with van der Waals surface area (Å²) in [6.07, 6.45) is 6.99. The van der Waals surface area contributed by atoms with Gasteiger partial charge < -0.3 is 5.32 Å². The lowest BCUT2D eigenvalue weighted by atomic mass is 9.86. The summed E-state index contributed by atoms with van der Waals surface area (Å²) >= 11 is 0. The SMILES string of the molecule is CCCNC1CCCCC1C.[HH]. The minimum Gasteiger partial charge on any atom is -0.314 e. The van der Waals surface area contributed by atoms with Crippen LogP contribution in [0, 0.1) is 5.92 Å². The van der Waals surface area contributed by atoms with Crippen LogP contribution in [0.5, 0.6) is 0 Å². The lowest BCUT2D eigenvalue weighted by molar-refractivity contribution is 0.281. The van der Waals surface area contributed by atoms with E-state index in [1.54, 1.807) is 0 Å². The summed E-state index contributed by atoms with van der Waals surface area (Å²) in [6, 6.07) is 0.823. The van der Waals surface area contributed by atoms with Gasteiger partial charge in [0.15, 0.2) is 0 Å². The van der Waals surface area contributed by atoms with Crippen LogP contribution in [0.15, 0.2) is 0 Å². The van der Waals surface area contributed by atoms with Gasteiger partial charge in [-0.1, -0.05) is 26.7 Å². The Kier molecular flexibility index (Phi) is 3.92. The Bertz CT molecular complexity index is 106. The normalized spacial score (nSPS) is 32.2. The molecule has 11 heavy (non-hydrogen) atoms. The minimum absolute atomic E-state index is 0. The molecule has 0 heterocycles. The van der Waals surface area contributed by atoms with Gasteiger partial charge in [-0.2, -0.15) is 0 Å². The zero-order valence-corrected chi connectivity index (χ0v) is 7.90. The maximum atomic E-state index is 3.62. The van der Waals surface area contributed by atoms with Gasteiger partial charge in [0, 0.05) is 7.47 Å². The van der Waals surface area contributed by atoms with Crippen molar-refractivity contribution in [2.75, 3.05) is 6.54 Å². The van der Waals surface area contributed by atoms with Crippen molar-refractivity contribution in [3.05, 3.63) is 0 Å². The summed E-state index contributed by atoms with van der Waals surface area (Å²) < 4.78 is 0. The molecule has 1 N–H and O–H groups in total. The van der Waals surface area contributed by atoms with Gasteiger partial charge in [-0.3, -0.25) is 0 Å². The van der Waals surface area contributed by atoms with E-state index in [-0.39, 0.29) is 1.43 Å². The van der Waals surface area contributed by atoms with Crippen LogP contribution in [0.25, 0.3) is 0 Å². The lowest BCUT2D eigenvalue weighted by Crippen LogP contribution is -2.37. The molecule has 1 aliphatic rings. The third-order valence-corrected chi connectivity index (χ3v) is 2.77. The fourth-order valence-corrected chi connectivity index (χ4v) is 1.95. The first-order chi connectivity index (χ1) is 5.34. The van der Waals surface area contributed by atoms with Crippen molar-refractivity contribution in [3.63, 3.8) is 0 Å². The molecule has 0 bridgehead atoms. The zero-order chi connectivity index (χ0) is 8.10. The molecule has 1 saturated carbocycles. The molecule has 0 aromatic carbocycles. The molecule has 1 rings (SSSR count).